The highest BCUT2D eigenvalue weighted by atomic mass is 35.5. The number of aromatic hydroxyl groups is 1. The molecule has 1 amide bonds. The van der Waals surface area contributed by atoms with Crippen LogP contribution < -0.4 is 10.1 Å². The lowest BCUT2D eigenvalue weighted by molar-refractivity contribution is -0.137. The van der Waals surface area contributed by atoms with Gasteiger partial charge in [0.05, 0.1) is 10.6 Å². The molecule has 0 aliphatic rings. The normalized spacial score (nSPS) is 11.8. The van der Waals surface area contributed by atoms with E-state index in [1.165, 1.54) is 48.5 Å². The number of alkyl halides is 3. The van der Waals surface area contributed by atoms with Crippen LogP contribution in [0.2, 0.25) is 5.02 Å². The average molecular weight is 699 g/mol. The van der Waals surface area contributed by atoms with Crippen molar-refractivity contribution in [2.24, 2.45) is 0 Å². The van der Waals surface area contributed by atoms with E-state index in [2.05, 4.69) is 5.32 Å². The number of nitrogens with one attached hydrogen (secondary N) is 1. The minimum absolute atomic E-state index is 0.0983. The van der Waals surface area contributed by atoms with Crippen LogP contribution in [0.15, 0.2) is 120 Å². The molecule has 0 atom stereocenters. The number of nitrogens with zero attached hydrogens (tertiary/aromatic N) is 1. The minimum Gasteiger partial charge on any atom is -0.505 e. The van der Waals surface area contributed by atoms with E-state index >= 15 is 0 Å². The van der Waals surface area contributed by atoms with Crippen molar-refractivity contribution < 1.29 is 40.6 Å². The van der Waals surface area contributed by atoms with Gasteiger partial charge in [-0.2, -0.15) is 17.5 Å². The topological polar surface area (TPSA) is 95.9 Å². The highest BCUT2D eigenvalue weighted by Gasteiger charge is 2.31. The van der Waals surface area contributed by atoms with Crippen LogP contribution in [0.4, 0.5) is 17.6 Å². The third kappa shape index (κ3) is 8.51. The number of benzene rings is 5. The van der Waals surface area contributed by atoms with Crippen molar-refractivity contribution in [2.75, 3.05) is 0 Å². The lowest BCUT2D eigenvalue weighted by Gasteiger charge is -2.24. The summed E-state index contributed by atoms with van der Waals surface area (Å²) in [4.78, 5) is 12.4. The Hall–Kier alpha value is -4.91. The molecule has 48 heavy (non-hydrogen) atoms. The molecular formula is C35H27ClF4N2O5S. The van der Waals surface area contributed by atoms with Gasteiger partial charge in [-0.25, -0.2) is 12.8 Å². The van der Waals surface area contributed by atoms with Gasteiger partial charge in [-0.3, -0.25) is 4.79 Å². The van der Waals surface area contributed by atoms with Crippen molar-refractivity contribution in [3.8, 4) is 17.2 Å². The van der Waals surface area contributed by atoms with Crippen LogP contribution in [0.3, 0.4) is 0 Å². The molecule has 0 aliphatic carbocycles. The number of hydrogen-bond acceptors (Lipinski definition) is 5. The predicted molar refractivity (Wildman–Crippen MR) is 172 cm³/mol. The van der Waals surface area contributed by atoms with Crippen molar-refractivity contribution in [2.45, 2.75) is 30.7 Å². The van der Waals surface area contributed by atoms with Crippen molar-refractivity contribution in [1.29, 1.82) is 0 Å². The van der Waals surface area contributed by atoms with Gasteiger partial charge in [0.2, 0.25) is 10.0 Å². The fourth-order valence-corrected chi connectivity index (χ4v) is 6.48. The van der Waals surface area contributed by atoms with Crippen molar-refractivity contribution >= 4 is 27.5 Å². The molecule has 0 spiro atoms. The Morgan fingerprint density at radius 1 is 0.792 bits per heavy atom. The van der Waals surface area contributed by atoms with Crippen molar-refractivity contribution in [3.63, 3.8) is 0 Å². The summed E-state index contributed by atoms with van der Waals surface area (Å²) in [5.41, 5.74) is 0.800. The Morgan fingerprint density at radius 3 is 1.90 bits per heavy atom. The molecule has 0 saturated heterocycles. The fourth-order valence-electron chi connectivity index (χ4n) is 4.65. The molecule has 0 saturated carbocycles. The molecule has 0 radical (unpaired) electrons. The average Bonchev–Trinajstić information content (AvgIpc) is 3.06. The number of carbonyl (C=O) groups is 1. The molecule has 5 rings (SSSR count). The molecular weight excluding hydrogens is 672 g/mol. The summed E-state index contributed by atoms with van der Waals surface area (Å²) in [6, 6.07) is 26.7. The van der Waals surface area contributed by atoms with E-state index in [4.69, 9.17) is 16.3 Å². The summed E-state index contributed by atoms with van der Waals surface area (Å²) in [5.74, 6) is -1.44. The van der Waals surface area contributed by atoms with Gasteiger partial charge in [0.15, 0.2) is 5.75 Å². The molecule has 0 bridgehead atoms. The van der Waals surface area contributed by atoms with Crippen LogP contribution in [0.25, 0.3) is 0 Å². The molecule has 13 heteroatoms. The van der Waals surface area contributed by atoms with Gasteiger partial charge in [0.1, 0.15) is 22.2 Å². The van der Waals surface area contributed by atoms with E-state index in [0.717, 1.165) is 34.1 Å². The maximum atomic E-state index is 14.1. The van der Waals surface area contributed by atoms with E-state index in [0.29, 0.717) is 11.1 Å². The first kappa shape index (κ1) is 34.4. The second-order valence-electron chi connectivity index (χ2n) is 10.6. The SMILES string of the molecule is O=C(NCc1ccccc1)c1cc(Cl)c(O)c(S(=O)(=O)N(Cc2ccc(F)cc2)Cc2ccc(Oc3ccc(C(F)(F)F)cc3)cc2)c1. The van der Waals surface area contributed by atoms with E-state index in [-0.39, 0.29) is 41.7 Å². The van der Waals surface area contributed by atoms with Crippen LogP contribution in [0.5, 0.6) is 17.2 Å². The van der Waals surface area contributed by atoms with Gasteiger partial charge >= 0.3 is 6.18 Å². The van der Waals surface area contributed by atoms with Gasteiger partial charge in [-0.15, -0.1) is 0 Å². The third-order valence-electron chi connectivity index (χ3n) is 7.18. The van der Waals surface area contributed by atoms with Crippen LogP contribution in [-0.4, -0.2) is 23.7 Å². The van der Waals surface area contributed by atoms with Crippen molar-refractivity contribution in [3.05, 3.63) is 154 Å². The van der Waals surface area contributed by atoms with E-state index in [1.54, 1.807) is 36.4 Å². The van der Waals surface area contributed by atoms with Crippen LogP contribution >= 0.6 is 11.6 Å². The summed E-state index contributed by atoms with van der Waals surface area (Å²) in [6.07, 6.45) is -4.49. The van der Waals surface area contributed by atoms with E-state index in [1.807, 2.05) is 6.07 Å². The number of phenolic OH excluding ortho intramolecular Hbond substituents is 1. The third-order valence-corrected chi connectivity index (χ3v) is 9.27. The van der Waals surface area contributed by atoms with Gasteiger partial charge in [-0.1, -0.05) is 66.2 Å². The van der Waals surface area contributed by atoms with Crippen LogP contribution in [0, 0.1) is 5.82 Å². The molecule has 0 unspecified atom stereocenters. The number of amides is 1. The zero-order valence-corrected chi connectivity index (χ0v) is 26.5. The molecule has 0 aromatic heterocycles. The Bertz CT molecular complexity index is 1990. The number of sulfonamides is 1. The largest absolute Gasteiger partial charge is 0.505 e. The maximum Gasteiger partial charge on any atom is 0.416 e. The summed E-state index contributed by atoms with van der Waals surface area (Å²) in [7, 11) is -4.56. The molecule has 5 aromatic carbocycles. The predicted octanol–water partition coefficient (Wildman–Crippen LogP) is 8.32. The summed E-state index contributed by atoms with van der Waals surface area (Å²) < 4.78 is 87.3. The van der Waals surface area contributed by atoms with E-state index in [9.17, 15) is 35.9 Å². The maximum absolute atomic E-state index is 14.1. The van der Waals surface area contributed by atoms with Gasteiger partial charge in [-0.05, 0) is 77.4 Å². The molecule has 5 aromatic rings. The number of rotatable bonds is 11. The highest BCUT2D eigenvalue weighted by molar-refractivity contribution is 7.89. The molecule has 0 heterocycles. The van der Waals surface area contributed by atoms with Crippen LogP contribution in [0.1, 0.15) is 32.6 Å². The Balaban J connectivity index is 1.41. The molecule has 7 nitrogen and oxygen atoms in total. The molecule has 0 fully saturated rings. The Morgan fingerprint density at radius 2 is 1.33 bits per heavy atom. The zero-order valence-electron chi connectivity index (χ0n) is 24.9. The molecule has 2 N–H and O–H groups in total. The number of hydrogen-bond donors (Lipinski definition) is 2. The molecule has 0 aliphatic heterocycles. The van der Waals surface area contributed by atoms with Gasteiger partial charge in [0, 0.05) is 25.2 Å². The summed E-state index contributed by atoms with van der Waals surface area (Å²) in [5, 5.41) is 13.2. The summed E-state index contributed by atoms with van der Waals surface area (Å²) in [6.45, 7) is -0.314. The first-order chi connectivity index (χ1) is 22.8. The standard InChI is InChI=1S/C35H27ClF4N2O5S/c36-31-18-26(34(44)41-20-23-4-2-1-3-5-23)19-32(33(31)43)48(45,46)42(21-24-6-12-28(37)13-7-24)22-25-8-14-29(15-9-25)47-30-16-10-27(11-17-30)35(38,39)40/h1-19,43H,20-22H2,(H,41,44). The first-order valence-corrected chi connectivity index (χ1v) is 16.1. The number of ether oxygens (including phenoxy) is 1. The minimum atomic E-state index is -4.56. The van der Waals surface area contributed by atoms with Gasteiger partial charge in [0.25, 0.3) is 5.91 Å². The monoisotopic (exact) mass is 698 g/mol. The second kappa shape index (κ2) is 14.5. The quantitative estimate of drug-likeness (QED) is 0.135. The zero-order chi connectivity index (χ0) is 34.5. The van der Waals surface area contributed by atoms with Crippen molar-refractivity contribution in [1.82, 2.24) is 9.62 Å². The first-order valence-electron chi connectivity index (χ1n) is 14.3. The lowest BCUT2D eigenvalue weighted by Crippen LogP contribution is -2.31. The second-order valence-corrected chi connectivity index (χ2v) is 13.0. The van der Waals surface area contributed by atoms with Gasteiger partial charge < -0.3 is 15.2 Å². The van der Waals surface area contributed by atoms with E-state index < -0.39 is 44.1 Å². The lowest BCUT2D eigenvalue weighted by atomic mass is 10.2. The fraction of sp³-hybridized carbons (Fsp3) is 0.114. The summed E-state index contributed by atoms with van der Waals surface area (Å²) >= 11 is 6.22. The molecule has 248 valence electrons. The number of phenols is 1. The number of halogens is 5. The van der Waals surface area contributed by atoms with Crippen LogP contribution in [-0.2, 0) is 35.8 Å². The Kier molecular flexibility index (Phi) is 10.4. The smallest absolute Gasteiger partial charge is 0.416 e. The highest BCUT2D eigenvalue weighted by Crippen LogP contribution is 2.36. The Labute approximate surface area is 279 Å². The number of carbonyl (C=O) groups excluding carboxylic acids is 1.